The van der Waals surface area contributed by atoms with E-state index in [4.69, 9.17) is 5.53 Å². The summed E-state index contributed by atoms with van der Waals surface area (Å²) in [5.74, 6) is -0.0638. The fourth-order valence-electron chi connectivity index (χ4n) is 2.06. The molecule has 0 spiro atoms. The predicted molar refractivity (Wildman–Crippen MR) is 70.0 cm³/mol. The number of carbonyl (C=O) groups is 2. The Balaban J connectivity index is 2.10. The molecule has 2 heterocycles. The molecule has 2 rings (SSSR count). The van der Waals surface area contributed by atoms with Gasteiger partial charge in [0.05, 0.1) is 12.7 Å². The van der Waals surface area contributed by atoms with Gasteiger partial charge in [-0.2, -0.15) is 0 Å². The Morgan fingerprint density at radius 1 is 1.65 bits per heavy atom. The Bertz CT molecular complexity index is 565. The van der Waals surface area contributed by atoms with E-state index < -0.39 is 5.97 Å². The quantitative estimate of drug-likeness (QED) is 0.359. The minimum absolute atomic E-state index is 0.000448. The zero-order valence-electron chi connectivity index (χ0n) is 10.9. The lowest BCUT2D eigenvalue weighted by molar-refractivity contribution is -0.117. The number of rotatable bonds is 4. The van der Waals surface area contributed by atoms with Crippen molar-refractivity contribution >= 4 is 17.7 Å². The smallest absolute Gasteiger partial charge is 0.339 e. The average Bonchev–Trinajstić information content (AvgIpc) is 2.85. The number of hydrogen-bond donors (Lipinski definition) is 0. The number of anilines is 1. The molecule has 0 N–H and O–H groups in total. The molecular weight excluding hydrogens is 262 g/mol. The van der Waals surface area contributed by atoms with Crippen LogP contribution in [0.15, 0.2) is 23.4 Å². The minimum atomic E-state index is -0.474. The summed E-state index contributed by atoms with van der Waals surface area (Å²) in [6, 6.07) is 3.16. The molecule has 1 aromatic rings. The zero-order valence-corrected chi connectivity index (χ0v) is 10.9. The maximum absolute atomic E-state index is 11.9. The normalized spacial score (nSPS) is 17.8. The van der Waals surface area contributed by atoms with Crippen LogP contribution in [0.3, 0.4) is 0 Å². The molecule has 0 aliphatic carbocycles. The number of aromatic nitrogens is 1. The second kappa shape index (κ2) is 6.03. The third kappa shape index (κ3) is 2.86. The predicted octanol–water partition coefficient (Wildman–Crippen LogP) is 1.53. The molecule has 8 nitrogen and oxygen atoms in total. The Morgan fingerprint density at radius 2 is 2.45 bits per heavy atom. The molecule has 1 amide bonds. The van der Waals surface area contributed by atoms with Crippen molar-refractivity contribution in [2.75, 3.05) is 25.1 Å². The van der Waals surface area contributed by atoms with Crippen LogP contribution in [0.2, 0.25) is 0 Å². The Hall–Kier alpha value is -2.60. The van der Waals surface area contributed by atoms with Crippen molar-refractivity contribution < 1.29 is 14.3 Å². The van der Waals surface area contributed by atoms with Crippen LogP contribution in [-0.4, -0.2) is 37.1 Å². The molecule has 0 aromatic carbocycles. The van der Waals surface area contributed by atoms with E-state index in [1.54, 1.807) is 12.1 Å². The first kappa shape index (κ1) is 13.8. The SMILES string of the molecule is COC(=O)c1ccc(N2CC(CN=[N+]=[N-])CC2=O)nc1. The second-order valence-electron chi connectivity index (χ2n) is 4.38. The molecule has 1 aliphatic rings. The van der Waals surface area contributed by atoms with E-state index in [9.17, 15) is 9.59 Å². The third-order valence-corrected chi connectivity index (χ3v) is 3.05. The van der Waals surface area contributed by atoms with Gasteiger partial charge in [-0.05, 0) is 23.6 Å². The summed E-state index contributed by atoms with van der Waals surface area (Å²) in [6.45, 7) is 0.751. The van der Waals surface area contributed by atoms with Crippen LogP contribution < -0.4 is 4.90 Å². The zero-order chi connectivity index (χ0) is 14.5. The lowest BCUT2D eigenvalue weighted by atomic mass is 10.1. The topological polar surface area (TPSA) is 108 Å². The number of hydrogen-bond acceptors (Lipinski definition) is 5. The number of methoxy groups -OCH3 is 1. The van der Waals surface area contributed by atoms with Crippen LogP contribution in [0.25, 0.3) is 10.4 Å². The molecule has 1 aliphatic heterocycles. The van der Waals surface area contributed by atoms with E-state index in [2.05, 4.69) is 19.7 Å². The highest BCUT2D eigenvalue weighted by Crippen LogP contribution is 2.23. The van der Waals surface area contributed by atoms with Gasteiger partial charge in [-0.15, -0.1) is 0 Å². The summed E-state index contributed by atoms with van der Waals surface area (Å²) in [6.07, 6.45) is 1.70. The molecule has 0 radical (unpaired) electrons. The van der Waals surface area contributed by atoms with Gasteiger partial charge < -0.3 is 4.74 Å². The number of pyridine rings is 1. The molecule has 1 aromatic heterocycles. The van der Waals surface area contributed by atoms with Crippen molar-refractivity contribution in [1.29, 1.82) is 0 Å². The fourth-order valence-corrected chi connectivity index (χ4v) is 2.06. The average molecular weight is 275 g/mol. The molecule has 104 valence electrons. The molecule has 1 fully saturated rings. The van der Waals surface area contributed by atoms with Crippen molar-refractivity contribution in [2.45, 2.75) is 6.42 Å². The summed E-state index contributed by atoms with van der Waals surface area (Å²) in [4.78, 5) is 31.5. The van der Waals surface area contributed by atoms with Crippen LogP contribution in [0.4, 0.5) is 5.82 Å². The molecule has 0 bridgehead atoms. The number of amides is 1. The van der Waals surface area contributed by atoms with E-state index in [1.807, 2.05) is 0 Å². The lowest BCUT2D eigenvalue weighted by Crippen LogP contribution is -2.25. The number of ether oxygens (including phenoxy) is 1. The maximum Gasteiger partial charge on any atom is 0.339 e. The summed E-state index contributed by atoms with van der Waals surface area (Å²) >= 11 is 0. The standard InChI is InChI=1S/C12H13N5O3/c1-20-12(19)9-2-3-10(14-6-9)17-7-8(4-11(17)18)5-15-16-13/h2-3,6,8H,4-5,7H2,1H3. The van der Waals surface area contributed by atoms with Crippen LogP contribution in [0.5, 0.6) is 0 Å². The monoisotopic (exact) mass is 275 g/mol. The van der Waals surface area contributed by atoms with Crippen LogP contribution >= 0.6 is 0 Å². The maximum atomic E-state index is 11.9. The van der Waals surface area contributed by atoms with Crippen molar-refractivity contribution in [3.63, 3.8) is 0 Å². The molecule has 8 heteroatoms. The van der Waals surface area contributed by atoms with Gasteiger partial charge in [0.15, 0.2) is 0 Å². The van der Waals surface area contributed by atoms with Crippen molar-refractivity contribution in [1.82, 2.24) is 4.98 Å². The molecule has 1 atom stereocenters. The highest BCUT2D eigenvalue weighted by Gasteiger charge is 2.30. The molecular formula is C12H13N5O3. The van der Waals surface area contributed by atoms with E-state index >= 15 is 0 Å². The number of carbonyl (C=O) groups excluding carboxylic acids is 2. The van der Waals surface area contributed by atoms with Gasteiger partial charge in [0, 0.05) is 30.6 Å². The molecule has 1 unspecified atom stereocenters. The third-order valence-electron chi connectivity index (χ3n) is 3.05. The van der Waals surface area contributed by atoms with Crippen LogP contribution in [0.1, 0.15) is 16.8 Å². The Morgan fingerprint density at radius 3 is 3.05 bits per heavy atom. The summed E-state index contributed by atoms with van der Waals surface area (Å²) in [5, 5.41) is 3.48. The van der Waals surface area contributed by atoms with Gasteiger partial charge in [0.2, 0.25) is 5.91 Å². The number of nitrogens with zero attached hydrogens (tertiary/aromatic N) is 5. The van der Waals surface area contributed by atoms with E-state index in [0.717, 1.165) is 0 Å². The van der Waals surface area contributed by atoms with Crippen LogP contribution in [0, 0.1) is 5.92 Å². The highest BCUT2D eigenvalue weighted by atomic mass is 16.5. The number of esters is 1. The first-order chi connectivity index (χ1) is 9.65. The minimum Gasteiger partial charge on any atom is -0.465 e. The molecule has 0 saturated carbocycles. The van der Waals surface area contributed by atoms with Crippen molar-refractivity contribution in [2.24, 2.45) is 11.0 Å². The summed E-state index contributed by atoms with van der Waals surface area (Å²) < 4.78 is 4.58. The first-order valence-electron chi connectivity index (χ1n) is 6.01. The van der Waals surface area contributed by atoms with Crippen molar-refractivity contribution in [3.05, 3.63) is 34.3 Å². The van der Waals surface area contributed by atoms with Crippen LogP contribution in [-0.2, 0) is 9.53 Å². The Labute approximate surface area is 115 Å². The van der Waals surface area contributed by atoms with E-state index in [0.29, 0.717) is 30.9 Å². The summed E-state index contributed by atoms with van der Waals surface area (Å²) in [5.41, 5.74) is 8.61. The largest absolute Gasteiger partial charge is 0.465 e. The molecule has 1 saturated heterocycles. The first-order valence-corrected chi connectivity index (χ1v) is 6.01. The Kier molecular flexibility index (Phi) is 4.17. The van der Waals surface area contributed by atoms with Gasteiger partial charge in [-0.3, -0.25) is 9.69 Å². The fraction of sp³-hybridized carbons (Fsp3) is 0.417. The van der Waals surface area contributed by atoms with Crippen molar-refractivity contribution in [3.8, 4) is 0 Å². The summed E-state index contributed by atoms with van der Waals surface area (Å²) in [7, 11) is 1.29. The second-order valence-corrected chi connectivity index (χ2v) is 4.38. The van der Waals surface area contributed by atoms with Gasteiger partial charge in [-0.1, -0.05) is 5.11 Å². The van der Waals surface area contributed by atoms with E-state index in [1.165, 1.54) is 18.2 Å². The van der Waals surface area contributed by atoms with E-state index in [-0.39, 0.29) is 11.8 Å². The van der Waals surface area contributed by atoms with Gasteiger partial charge in [0.25, 0.3) is 0 Å². The lowest BCUT2D eigenvalue weighted by Gasteiger charge is -2.15. The number of azide groups is 1. The van der Waals surface area contributed by atoms with Gasteiger partial charge in [0.1, 0.15) is 5.82 Å². The molecule has 20 heavy (non-hydrogen) atoms. The van der Waals surface area contributed by atoms with Gasteiger partial charge >= 0.3 is 5.97 Å². The highest BCUT2D eigenvalue weighted by molar-refractivity contribution is 5.95. The van der Waals surface area contributed by atoms with Gasteiger partial charge in [-0.25, -0.2) is 9.78 Å².